The first kappa shape index (κ1) is 26.9. The molecule has 1 aliphatic rings. The van der Waals surface area contributed by atoms with Gasteiger partial charge in [-0.15, -0.1) is 11.3 Å². The first-order valence-electron chi connectivity index (χ1n) is 13.7. The van der Waals surface area contributed by atoms with Crippen molar-refractivity contribution in [1.29, 1.82) is 0 Å². The molecule has 1 fully saturated rings. The molecule has 5 aromatic rings. The first-order valence-corrected chi connectivity index (χ1v) is 14.6. The van der Waals surface area contributed by atoms with Gasteiger partial charge in [0.2, 0.25) is 0 Å². The lowest BCUT2D eigenvalue weighted by atomic mass is 9.85. The average molecular weight is 566 g/mol. The second kappa shape index (κ2) is 10.9. The highest BCUT2D eigenvalue weighted by molar-refractivity contribution is 7.13. The Kier molecular flexibility index (Phi) is 7.17. The van der Waals surface area contributed by atoms with Gasteiger partial charge in [0.1, 0.15) is 17.4 Å². The Morgan fingerprint density at radius 3 is 2.51 bits per heavy atom. The molecule has 208 valence electrons. The van der Waals surface area contributed by atoms with Crippen molar-refractivity contribution < 1.29 is 19.4 Å². The van der Waals surface area contributed by atoms with Crippen molar-refractivity contribution in [3.63, 3.8) is 0 Å². The van der Waals surface area contributed by atoms with Crippen LogP contribution in [-0.2, 0) is 24.4 Å². The number of carboxylic acid groups (broad SMARTS) is 1. The Balaban J connectivity index is 1.44. The van der Waals surface area contributed by atoms with Crippen molar-refractivity contribution in [2.24, 2.45) is 11.3 Å². The number of benzene rings is 2. The Morgan fingerprint density at radius 2 is 1.85 bits per heavy atom. The maximum absolute atomic E-state index is 13.8. The van der Waals surface area contributed by atoms with Gasteiger partial charge in [-0.25, -0.2) is 4.98 Å². The summed E-state index contributed by atoms with van der Waals surface area (Å²) >= 11 is 1.59. The number of hydrogen-bond acceptors (Lipinski definition) is 6. The van der Waals surface area contributed by atoms with Crippen LogP contribution in [0.5, 0.6) is 5.75 Å². The fourth-order valence-electron chi connectivity index (χ4n) is 5.10. The van der Waals surface area contributed by atoms with Gasteiger partial charge >= 0.3 is 5.97 Å². The van der Waals surface area contributed by atoms with E-state index in [1.807, 2.05) is 41.8 Å². The van der Waals surface area contributed by atoms with E-state index in [4.69, 9.17) is 4.74 Å². The highest BCUT2D eigenvalue weighted by atomic mass is 32.1. The minimum atomic E-state index is -1.06. The van der Waals surface area contributed by atoms with Gasteiger partial charge in [0, 0.05) is 64.4 Å². The van der Waals surface area contributed by atoms with E-state index in [1.54, 1.807) is 37.6 Å². The van der Waals surface area contributed by atoms with E-state index >= 15 is 0 Å². The lowest BCUT2D eigenvalue weighted by Gasteiger charge is -2.22. The molecule has 41 heavy (non-hydrogen) atoms. The Morgan fingerprint density at radius 1 is 1.05 bits per heavy atom. The number of ether oxygens (including phenoxy) is 1. The van der Waals surface area contributed by atoms with Crippen LogP contribution >= 0.6 is 11.3 Å². The van der Waals surface area contributed by atoms with Gasteiger partial charge < -0.3 is 14.4 Å². The monoisotopic (exact) mass is 565 g/mol. The third-order valence-electron chi connectivity index (χ3n) is 7.61. The van der Waals surface area contributed by atoms with E-state index in [0.717, 1.165) is 51.3 Å². The fourth-order valence-corrected chi connectivity index (χ4v) is 5.75. The number of carbonyl (C=O) groups is 2. The number of carboxylic acids is 1. The van der Waals surface area contributed by atoms with Crippen LogP contribution < -0.4 is 4.74 Å². The minimum Gasteiger partial charge on any atom is -0.487 e. The van der Waals surface area contributed by atoms with Gasteiger partial charge in [0.25, 0.3) is 0 Å². The van der Waals surface area contributed by atoms with E-state index in [9.17, 15) is 14.7 Å². The predicted molar refractivity (Wildman–Crippen MR) is 159 cm³/mol. The summed E-state index contributed by atoms with van der Waals surface area (Å²) in [4.78, 5) is 34.8. The number of hydrogen-bond donors (Lipinski definition) is 1. The largest absolute Gasteiger partial charge is 0.487 e. The second-order valence-corrected chi connectivity index (χ2v) is 12.1. The third-order valence-corrected chi connectivity index (χ3v) is 8.43. The van der Waals surface area contributed by atoms with Gasteiger partial charge in [-0.3, -0.25) is 14.6 Å². The van der Waals surface area contributed by atoms with E-state index < -0.39 is 11.4 Å². The summed E-state index contributed by atoms with van der Waals surface area (Å²) < 4.78 is 8.21. The van der Waals surface area contributed by atoms with Crippen LogP contribution in [-0.4, -0.2) is 31.4 Å². The molecule has 0 saturated heterocycles. The third kappa shape index (κ3) is 5.65. The van der Waals surface area contributed by atoms with Crippen LogP contribution in [0.3, 0.4) is 0 Å². The Labute approximate surface area is 242 Å². The normalized spacial score (nSPS) is 13.4. The van der Waals surface area contributed by atoms with Crippen LogP contribution in [0.25, 0.3) is 21.5 Å². The Hall–Kier alpha value is -4.30. The number of aliphatic carboxylic acids is 1. The minimum absolute atomic E-state index is 0.0172. The molecule has 1 saturated carbocycles. The molecular weight excluding hydrogens is 534 g/mol. The van der Waals surface area contributed by atoms with Crippen LogP contribution in [0.1, 0.15) is 54.0 Å². The van der Waals surface area contributed by atoms with E-state index in [0.29, 0.717) is 24.5 Å². The van der Waals surface area contributed by atoms with Crippen LogP contribution in [0, 0.1) is 11.3 Å². The van der Waals surface area contributed by atoms with Crippen LogP contribution in [0.2, 0.25) is 0 Å². The molecule has 0 unspecified atom stereocenters. The molecule has 0 aliphatic heterocycles. The molecule has 3 heterocycles. The van der Waals surface area contributed by atoms with Crippen molar-refractivity contribution >= 4 is 34.0 Å². The number of fused-ring (bicyclic) bond motifs is 1. The maximum atomic E-state index is 13.8. The molecule has 0 radical (unpaired) electrons. The molecule has 0 amide bonds. The average Bonchev–Trinajstić information content (AvgIpc) is 3.61. The summed E-state index contributed by atoms with van der Waals surface area (Å²) in [7, 11) is 0. The molecule has 1 aliphatic carbocycles. The summed E-state index contributed by atoms with van der Waals surface area (Å²) in [6.07, 6.45) is 5.48. The number of aromatic nitrogens is 3. The van der Waals surface area contributed by atoms with Crippen LogP contribution in [0.4, 0.5) is 0 Å². The highest BCUT2D eigenvalue weighted by Crippen LogP contribution is 2.40. The van der Waals surface area contributed by atoms with Crippen molar-refractivity contribution in [2.75, 3.05) is 0 Å². The van der Waals surface area contributed by atoms with E-state index in [1.165, 1.54) is 0 Å². The zero-order chi connectivity index (χ0) is 28.6. The molecule has 1 N–H and O–H groups in total. The smallest absolute Gasteiger partial charge is 0.309 e. The Bertz CT molecular complexity index is 1700. The number of thiazole rings is 1. The van der Waals surface area contributed by atoms with Gasteiger partial charge in [0.15, 0.2) is 5.78 Å². The van der Waals surface area contributed by atoms with Crippen molar-refractivity contribution in [2.45, 2.75) is 46.3 Å². The molecule has 0 atom stereocenters. The SMILES string of the molecule is CC(C)(Cc1c(C(=O)C2CC2)c2cc(OCc3ccccn3)ccc2n1Cc1ccc(-c2nccs2)cc1)C(=O)O. The second-order valence-electron chi connectivity index (χ2n) is 11.2. The van der Waals surface area contributed by atoms with Crippen molar-refractivity contribution in [3.05, 3.63) is 101 Å². The summed E-state index contributed by atoms with van der Waals surface area (Å²) in [5.74, 6) is -0.185. The number of Topliss-reactive ketones (excluding diaryl/α,β-unsaturated/α-hetero) is 1. The van der Waals surface area contributed by atoms with Gasteiger partial charge in [-0.05, 0) is 62.6 Å². The molecule has 2 aromatic carbocycles. The zero-order valence-electron chi connectivity index (χ0n) is 23.0. The lowest BCUT2D eigenvalue weighted by Crippen LogP contribution is -2.28. The van der Waals surface area contributed by atoms with Crippen molar-refractivity contribution in [3.8, 4) is 16.3 Å². The molecule has 0 spiro atoms. The highest BCUT2D eigenvalue weighted by Gasteiger charge is 2.38. The molecule has 7 nitrogen and oxygen atoms in total. The van der Waals surface area contributed by atoms with Crippen molar-refractivity contribution in [1.82, 2.24) is 14.5 Å². The van der Waals surface area contributed by atoms with Gasteiger partial charge in [-0.1, -0.05) is 30.3 Å². The molecular formula is C33H31N3O4S. The first-order chi connectivity index (χ1) is 19.8. The van der Waals surface area contributed by atoms with Crippen LogP contribution in [0.15, 0.2) is 78.4 Å². The quantitative estimate of drug-likeness (QED) is 0.173. The number of pyridine rings is 1. The number of carbonyl (C=O) groups excluding carboxylic acids is 1. The number of ketones is 1. The van der Waals surface area contributed by atoms with Gasteiger partial charge in [-0.2, -0.15) is 0 Å². The molecule has 3 aromatic heterocycles. The maximum Gasteiger partial charge on any atom is 0.309 e. The zero-order valence-corrected chi connectivity index (χ0v) is 23.9. The summed E-state index contributed by atoms with van der Waals surface area (Å²) in [6, 6.07) is 19.8. The summed E-state index contributed by atoms with van der Waals surface area (Å²) in [5, 5.41) is 13.7. The lowest BCUT2D eigenvalue weighted by molar-refractivity contribution is -0.146. The van der Waals surface area contributed by atoms with E-state index in [-0.39, 0.29) is 18.1 Å². The number of nitrogens with zero attached hydrogens (tertiary/aromatic N) is 3. The molecule has 8 heteroatoms. The summed E-state index contributed by atoms with van der Waals surface area (Å²) in [5.41, 5.74) is 4.13. The predicted octanol–water partition coefficient (Wildman–Crippen LogP) is 7.03. The van der Waals surface area contributed by atoms with E-state index in [2.05, 4.69) is 38.8 Å². The standard InChI is InChI=1S/C33H31N3O4S/c1-33(2,32(38)39)18-28-29(30(37)22-10-11-22)26-17-25(40-20-24-5-3-4-14-34-24)12-13-27(26)36(28)19-21-6-8-23(9-7-21)31-35-15-16-41-31/h3-9,12-17,22H,10-11,18-20H2,1-2H3,(H,38,39). The fraction of sp³-hybridized carbons (Fsp3) is 0.273. The molecule has 0 bridgehead atoms. The number of rotatable bonds is 11. The summed E-state index contributed by atoms with van der Waals surface area (Å²) in [6.45, 7) is 4.24. The topological polar surface area (TPSA) is 94.3 Å². The van der Waals surface area contributed by atoms with Gasteiger partial charge in [0.05, 0.1) is 11.1 Å². The molecule has 6 rings (SSSR count).